The molecular weight excluding hydrogens is 354 g/mol. The number of ether oxygens (including phenoxy) is 1. The van der Waals surface area contributed by atoms with E-state index in [1.165, 1.54) is 11.8 Å². The predicted octanol–water partition coefficient (Wildman–Crippen LogP) is 4.63. The largest absolute Gasteiger partial charge is 0.493 e. The van der Waals surface area contributed by atoms with E-state index < -0.39 is 0 Å². The Morgan fingerprint density at radius 1 is 1.22 bits per heavy atom. The molecule has 23 heavy (non-hydrogen) atoms. The minimum atomic E-state index is 0.522. The summed E-state index contributed by atoms with van der Waals surface area (Å²) >= 11 is 8.85. The molecule has 0 N–H and O–H groups in total. The first-order valence-corrected chi connectivity index (χ1v) is 9.09. The third kappa shape index (κ3) is 4.25. The van der Waals surface area contributed by atoms with Gasteiger partial charge >= 0.3 is 0 Å². The average molecular weight is 368 g/mol. The fourth-order valence-corrected chi connectivity index (χ4v) is 3.45. The fourth-order valence-electron chi connectivity index (χ4n) is 1.91. The SMILES string of the molecule is Cc1nc(C)c(-c2nnc(SCCOc3ccc(Cl)cc3)o2)s1. The Morgan fingerprint density at radius 3 is 2.70 bits per heavy atom. The minimum Gasteiger partial charge on any atom is -0.493 e. The Bertz CT molecular complexity index is 786. The average Bonchev–Trinajstić information content (AvgIpc) is 3.11. The van der Waals surface area contributed by atoms with E-state index >= 15 is 0 Å². The monoisotopic (exact) mass is 367 g/mol. The molecule has 0 aliphatic carbocycles. The van der Waals surface area contributed by atoms with Crippen molar-refractivity contribution >= 4 is 34.7 Å². The van der Waals surface area contributed by atoms with Gasteiger partial charge in [-0.05, 0) is 38.1 Å². The van der Waals surface area contributed by atoms with Gasteiger partial charge in [-0.2, -0.15) is 0 Å². The van der Waals surface area contributed by atoms with Gasteiger partial charge in [0.05, 0.1) is 17.3 Å². The molecule has 0 aliphatic rings. The fraction of sp³-hybridized carbons (Fsp3) is 0.267. The molecule has 3 rings (SSSR count). The molecule has 3 aromatic rings. The molecule has 0 saturated heterocycles. The summed E-state index contributed by atoms with van der Waals surface area (Å²) < 4.78 is 11.3. The van der Waals surface area contributed by atoms with Crippen LogP contribution in [0.4, 0.5) is 0 Å². The van der Waals surface area contributed by atoms with Crippen LogP contribution in [-0.4, -0.2) is 27.5 Å². The molecule has 5 nitrogen and oxygen atoms in total. The summed E-state index contributed by atoms with van der Waals surface area (Å²) in [6.45, 7) is 4.44. The van der Waals surface area contributed by atoms with Gasteiger partial charge in [-0.15, -0.1) is 21.5 Å². The summed E-state index contributed by atoms with van der Waals surface area (Å²) in [5, 5.41) is 10.3. The smallest absolute Gasteiger partial charge is 0.277 e. The maximum atomic E-state index is 5.83. The lowest BCUT2D eigenvalue weighted by molar-refractivity contribution is 0.343. The van der Waals surface area contributed by atoms with E-state index in [1.807, 2.05) is 26.0 Å². The third-order valence-electron chi connectivity index (χ3n) is 2.90. The van der Waals surface area contributed by atoms with E-state index in [4.69, 9.17) is 20.8 Å². The topological polar surface area (TPSA) is 61.0 Å². The van der Waals surface area contributed by atoms with E-state index in [2.05, 4.69) is 15.2 Å². The number of halogens is 1. The van der Waals surface area contributed by atoms with E-state index in [0.717, 1.165) is 21.3 Å². The Balaban J connectivity index is 1.51. The number of aromatic nitrogens is 3. The number of nitrogens with zero attached hydrogens (tertiary/aromatic N) is 3. The summed E-state index contributed by atoms with van der Waals surface area (Å²) in [5.74, 6) is 2.02. The van der Waals surface area contributed by atoms with Crippen molar-refractivity contribution in [2.24, 2.45) is 0 Å². The van der Waals surface area contributed by atoms with Gasteiger partial charge in [0.1, 0.15) is 10.6 Å². The normalized spacial score (nSPS) is 10.9. The molecular formula is C15H14ClN3O2S2. The van der Waals surface area contributed by atoms with Crippen LogP contribution in [0.5, 0.6) is 5.75 Å². The van der Waals surface area contributed by atoms with Gasteiger partial charge in [0.2, 0.25) is 0 Å². The van der Waals surface area contributed by atoms with Gasteiger partial charge < -0.3 is 9.15 Å². The van der Waals surface area contributed by atoms with Gasteiger partial charge in [0, 0.05) is 10.8 Å². The van der Waals surface area contributed by atoms with Crippen LogP contribution in [0.3, 0.4) is 0 Å². The number of hydrogen-bond donors (Lipinski definition) is 0. The molecule has 0 atom stereocenters. The zero-order chi connectivity index (χ0) is 16.2. The van der Waals surface area contributed by atoms with Gasteiger partial charge in [-0.25, -0.2) is 4.98 Å². The summed E-state index contributed by atoms with van der Waals surface area (Å²) in [6, 6.07) is 7.28. The third-order valence-corrected chi connectivity index (χ3v) is 4.99. The van der Waals surface area contributed by atoms with Crippen molar-refractivity contribution in [1.29, 1.82) is 0 Å². The minimum absolute atomic E-state index is 0.522. The Morgan fingerprint density at radius 2 is 2.00 bits per heavy atom. The molecule has 0 radical (unpaired) electrons. The zero-order valence-electron chi connectivity index (χ0n) is 12.6. The maximum Gasteiger partial charge on any atom is 0.277 e. The molecule has 0 aliphatic heterocycles. The molecule has 0 unspecified atom stereocenters. The zero-order valence-corrected chi connectivity index (χ0v) is 15.0. The number of thioether (sulfide) groups is 1. The van der Waals surface area contributed by atoms with Gasteiger partial charge in [0.15, 0.2) is 0 Å². The number of benzene rings is 1. The summed E-state index contributed by atoms with van der Waals surface area (Å²) in [4.78, 5) is 5.30. The summed E-state index contributed by atoms with van der Waals surface area (Å²) in [6.07, 6.45) is 0. The summed E-state index contributed by atoms with van der Waals surface area (Å²) in [5.41, 5.74) is 0.916. The molecule has 0 fully saturated rings. The van der Waals surface area contributed by atoms with Gasteiger partial charge in [-0.3, -0.25) is 0 Å². The second-order valence-corrected chi connectivity index (χ2v) is 7.36. The van der Waals surface area contributed by atoms with Crippen molar-refractivity contribution in [2.75, 3.05) is 12.4 Å². The first kappa shape index (κ1) is 16.3. The van der Waals surface area contributed by atoms with Gasteiger partial charge in [-0.1, -0.05) is 23.4 Å². The van der Waals surface area contributed by atoms with Crippen molar-refractivity contribution in [3.63, 3.8) is 0 Å². The molecule has 0 bridgehead atoms. The predicted molar refractivity (Wildman–Crippen MR) is 92.6 cm³/mol. The van der Waals surface area contributed by atoms with Crippen LogP contribution in [0.25, 0.3) is 10.8 Å². The molecule has 120 valence electrons. The van der Waals surface area contributed by atoms with Crippen molar-refractivity contribution in [3.8, 4) is 16.5 Å². The first-order valence-electron chi connectivity index (χ1n) is 6.91. The maximum absolute atomic E-state index is 5.83. The quantitative estimate of drug-likeness (QED) is 0.467. The van der Waals surface area contributed by atoms with Crippen molar-refractivity contribution in [2.45, 2.75) is 19.1 Å². The lowest BCUT2D eigenvalue weighted by Gasteiger charge is -2.04. The van der Waals surface area contributed by atoms with E-state index in [9.17, 15) is 0 Å². The number of aryl methyl sites for hydroxylation is 2. The summed E-state index contributed by atoms with van der Waals surface area (Å²) in [7, 11) is 0. The van der Waals surface area contributed by atoms with Crippen molar-refractivity contribution in [3.05, 3.63) is 40.0 Å². The molecule has 1 aromatic carbocycles. The number of hydrogen-bond acceptors (Lipinski definition) is 7. The molecule has 2 aromatic heterocycles. The van der Waals surface area contributed by atoms with Crippen LogP contribution in [0.1, 0.15) is 10.7 Å². The highest BCUT2D eigenvalue weighted by Gasteiger charge is 2.15. The lowest BCUT2D eigenvalue weighted by atomic mass is 10.3. The lowest BCUT2D eigenvalue weighted by Crippen LogP contribution is -1.99. The second kappa shape index (κ2) is 7.33. The molecule has 2 heterocycles. The highest BCUT2D eigenvalue weighted by Crippen LogP contribution is 2.30. The highest BCUT2D eigenvalue weighted by atomic mass is 35.5. The van der Waals surface area contributed by atoms with Crippen LogP contribution < -0.4 is 4.74 Å². The van der Waals surface area contributed by atoms with Crippen molar-refractivity contribution < 1.29 is 9.15 Å². The van der Waals surface area contributed by atoms with E-state index in [-0.39, 0.29) is 0 Å². The highest BCUT2D eigenvalue weighted by molar-refractivity contribution is 7.99. The van der Waals surface area contributed by atoms with Crippen LogP contribution in [-0.2, 0) is 0 Å². The molecule has 0 amide bonds. The standard InChI is InChI=1S/C15H14ClN3O2S2/c1-9-13(23-10(2)17-9)14-18-19-15(21-14)22-8-7-20-12-5-3-11(16)4-6-12/h3-6H,7-8H2,1-2H3. The molecule has 0 saturated carbocycles. The van der Waals surface area contributed by atoms with E-state index in [0.29, 0.717) is 28.5 Å². The Hall–Kier alpha value is -1.57. The van der Waals surface area contributed by atoms with E-state index in [1.54, 1.807) is 23.5 Å². The van der Waals surface area contributed by atoms with Crippen LogP contribution in [0.15, 0.2) is 33.9 Å². The first-order chi connectivity index (χ1) is 11.1. The number of rotatable bonds is 6. The molecule has 0 spiro atoms. The Kier molecular flexibility index (Phi) is 5.20. The van der Waals surface area contributed by atoms with Crippen LogP contribution in [0.2, 0.25) is 5.02 Å². The second-order valence-electron chi connectivity index (χ2n) is 4.67. The van der Waals surface area contributed by atoms with Crippen molar-refractivity contribution in [1.82, 2.24) is 15.2 Å². The van der Waals surface area contributed by atoms with Crippen LogP contribution in [0, 0.1) is 13.8 Å². The molecule has 8 heteroatoms. The Labute approximate surface area is 147 Å². The number of thiazole rings is 1. The van der Waals surface area contributed by atoms with Crippen LogP contribution >= 0.6 is 34.7 Å². The van der Waals surface area contributed by atoms with Gasteiger partial charge in [0.25, 0.3) is 11.1 Å².